The molecule has 0 fully saturated rings. The van der Waals surface area contributed by atoms with E-state index in [1.54, 1.807) is 11.8 Å². The number of aromatic amines is 1. The normalized spacial score (nSPS) is 13.8. The molecule has 0 spiro atoms. The van der Waals surface area contributed by atoms with E-state index in [1.165, 1.54) is 5.56 Å². The highest BCUT2D eigenvalue weighted by atomic mass is 32.2. The van der Waals surface area contributed by atoms with Gasteiger partial charge >= 0.3 is 0 Å². The van der Waals surface area contributed by atoms with E-state index in [4.69, 9.17) is 0 Å². The molecule has 0 amide bonds. The molecule has 1 aromatic carbocycles. The summed E-state index contributed by atoms with van der Waals surface area (Å²) in [5.41, 5.74) is 3.64. The molecule has 1 heterocycles. The van der Waals surface area contributed by atoms with Crippen LogP contribution in [0.15, 0.2) is 23.4 Å². The van der Waals surface area contributed by atoms with Crippen LogP contribution in [0.4, 0.5) is 0 Å². The first-order valence-electron chi connectivity index (χ1n) is 7.27. The first-order chi connectivity index (χ1) is 9.39. The molecule has 1 aromatic heterocycles. The summed E-state index contributed by atoms with van der Waals surface area (Å²) in [5, 5.41) is 5.11. The van der Waals surface area contributed by atoms with Gasteiger partial charge in [-0.05, 0) is 44.9 Å². The fourth-order valence-corrected chi connectivity index (χ4v) is 2.80. The van der Waals surface area contributed by atoms with Crippen molar-refractivity contribution in [1.82, 2.24) is 15.3 Å². The Hall–Kier alpha value is -1.00. The van der Waals surface area contributed by atoms with Gasteiger partial charge in [-0.3, -0.25) is 0 Å². The SMILES string of the molecule is CCC(C)(C)NCC(C)Sc1nc2ccc(C)cc2[nH]1. The summed E-state index contributed by atoms with van der Waals surface area (Å²) >= 11 is 1.80. The second kappa shape index (κ2) is 6.19. The van der Waals surface area contributed by atoms with Gasteiger partial charge in [0, 0.05) is 17.3 Å². The van der Waals surface area contributed by atoms with Crippen molar-refractivity contribution in [2.75, 3.05) is 6.54 Å². The molecule has 0 bridgehead atoms. The van der Waals surface area contributed by atoms with Crippen LogP contribution in [0.25, 0.3) is 11.0 Å². The predicted octanol–water partition coefficient (Wildman–Crippen LogP) is 4.13. The van der Waals surface area contributed by atoms with Gasteiger partial charge in [-0.25, -0.2) is 4.98 Å². The van der Waals surface area contributed by atoms with Crippen molar-refractivity contribution in [2.45, 2.75) is 57.0 Å². The molecular formula is C16H25N3S. The maximum Gasteiger partial charge on any atom is 0.166 e. The van der Waals surface area contributed by atoms with Crippen LogP contribution in [0.1, 0.15) is 39.7 Å². The number of benzene rings is 1. The van der Waals surface area contributed by atoms with Crippen molar-refractivity contribution < 1.29 is 0 Å². The topological polar surface area (TPSA) is 40.7 Å². The standard InChI is InChI=1S/C16H25N3S/c1-6-16(4,5)17-10-12(3)20-15-18-13-8-7-11(2)9-14(13)19-15/h7-9,12,17H,6,10H2,1-5H3,(H,18,19). The van der Waals surface area contributed by atoms with Gasteiger partial charge in [0.2, 0.25) is 0 Å². The van der Waals surface area contributed by atoms with E-state index in [1.807, 2.05) is 0 Å². The number of aromatic nitrogens is 2. The molecule has 0 aliphatic carbocycles. The Bertz CT molecular complexity index is 574. The minimum Gasteiger partial charge on any atom is -0.333 e. The third-order valence-corrected chi connectivity index (χ3v) is 4.67. The van der Waals surface area contributed by atoms with E-state index in [9.17, 15) is 0 Å². The zero-order chi connectivity index (χ0) is 14.8. The number of aryl methyl sites for hydroxylation is 1. The predicted molar refractivity (Wildman–Crippen MR) is 88.5 cm³/mol. The van der Waals surface area contributed by atoms with Gasteiger partial charge in [0.1, 0.15) is 0 Å². The molecule has 110 valence electrons. The van der Waals surface area contributed by atoms with Crippen LogP contribution in [0, 0.1) is 6.92 Å². The molecule has 4 heteroatoms. The average Bonchev–Trinajstić information content (AvgIpc) is 2.78. The number of hydrogen-bond acceptors (Lipinski definition) is 3. The lowest BCUT2D eigenvalue weighted by Crippen LogP contribution is -2.41. The van der Waals surface area contributed by atoms with E-state index in [0.717, 1.165) is 29.2 Å². The van der Waals surface area contributed by atoms with Gasteiger partial charge in [0.05, 0.1) is 11.0 Å². The van der Waals surface area contributed by atoms with Crippen molar-refractivity contribution in [3.05, 3.63) is 23.8 Å². The van der Waals surface area contributed by atoms with Crippen LogP contribution in [-0.2, 0) is 0 Å². The molecule has 0 saturated heterocycles. The summed E-state index contributed by atoms with van der Waals surface area (Å²) in [6, 6.07) is 6.33. The van der Waals surface area contributed by atoms with Crippen LogP contribution >= 0.6 is 11.8 Å². The molecule has 0 aliphatic rings. The third-order valence-electron chi connectivity index (χ3n) is 3.68. The molecule has 20 heavy (non-hydrogen) atoms. The van der Waals surface area contributed by atoms with Crippen LogP contribution in [0.2, 0.25) is 0 Å². The fraction of sp³-hybridized carbons (Fsp3) is 0.562. The summed E-state index contributed by atoms with van der Waals surface area (Å²) in [7, 11) is 0. The number of nitrogens with one attached hydrogen (secondary N) is 2. The van der Waals surface area contributed by atoms with Gasteiger partial charge in [0.25, 0.3) is 0 Å². The second-order valence-corrected chi connectivity index (χ2v) is 7.54. The highest BCUT2D eigenvalue weighted by molar-refractivity contribution is 7.99. The first-order valence-corrected chi connectivity index (χ1v) is 8.15. The lowest BCUT2D eigenvalue weighted by molar-refractivity contribution is 0.379. The quantitative estimate of drug-likeness (QED) is 0.786. The smallest absolute Gasteiger partial charge is 0.166 e. The van der Waals surface area contributed by atoms with Crippen molar-refractivity contribution in [3.8, 4) is 0 Å². The number of imidazole rings is 1. The largest absolute Gasteiger partial charge is 0.333 e. The number of hydrogen-bond donors (Lipinski definition) is 2. The highest BCUT2D eigenvalue weighted by Gasteiger charge is 2.16. The minimum atomic E-state index is 0.208. The van der Waals surface area contributed by atoms with Crippen LogP contribution in [-0.4, -0.2) is 27.3 Å². The van der Waals surface area contributed by atoms with Gasteiger partial charge in [0.15, 0.2) is 5.16 Å². The van der Waals surface area contributed by atoms with Crippen molar-refractivity contribution in [2.24, 2.45) is 0 Å². The number of rotatable bonds is 6. The van der Waals surface area contributed by atoms with Crippen molar-refractivity contribution in [3.63, 3.8) is 0 Å². The van der Waals surface area contributed by atoms with Crippen molar-refractivity contribution in [1.29, 1.82) is 0 Å². The Morgan fingerprint density at radius 2 is 2.15 bits per heavy atom. The summed E-state index contributed by atoms with van der Waals surface area (Å²) in [6.07, 6.45) is 1.13. The number of thioether (sulfide) groups is 1. The second-order valence-electron chi connectivity index (χ2n) is 6.11. The summed E-state index contributed by atoms with van der Waals surface area (Å²) in [5.74, 6) is 0. The first kappa shape index (κ1) is 15.4. The third kappa shape index (κ3) is 4.00. The highest BCUT2D eigenvalue weighted by Crippen LogP contribution is 2.24. The molecule has 0 saturated carbocycles. The molecule has 0 aliphatic heterocycles. The monoisotopic (exact) mass is 291 g/mol. The van der Waals surface area contributed by atoms with E-state index in [-0.39, 0.29) is 5.54 Å². The van der Waals surface area contributed by atoms with Gasteiger partial charge < -0.3 is 10.3 Å². The van der Waals surface area contributed by atoms with E-state index in [0.29, 0.717) is 5.25 Å². The number of nitrogens with zero attached hydrogens (tertiary/aromatic N) is 1. The molecule has 2 N–H and O–H groups in total. The fourth-order valence-electron chi connectivity index (χ4n) is 1.93. The van der Waals surface area contributed by atoms with E-state index < -0.39 is 0 Å². The minimum absolute atomic E-state index is 0.208. The zero-order valence-corrected chi connectivity index (χ0v) is 13.9. The molecule has 2 rings (SSSR count). The maximum absolute atomic E-state index is 4.64. The van der Waals surface area contributed by atoms with Gasteiger partial charge in [-0.1, -0.05) is 31.7 Å². The van der Waals surface area contributed by atoms with Crippen LogP contribution in [0.3, 0.4) is 0 Å². The Morgan fingerprint density at radius 1 is 1.40 bits per heavy atom. The summed E-state index contributed by atoms with van der Waals surface area (Å²) in [6.45, 7) is 12.0. The lowest BCUT2D eigenvalue weighted by atomic mass is 10.0. The Balaban J connectivity index is 1.97. The summed E-state index contributed by atoms with van der Waals surface area (Å²) < 4.78 is 0. The Morgan fingerprint density at radius 3 is 2.85 bits per heavy atom. The van der Waals surface area contributed by atoms with Crippen LogP contribution < -0.4 is 5.32 Å². The summed E-state index contributed by atoms with van der Waals surface area (Å²) in [4.78, 5) is 8.04. The molecule has 3 nitrogen and oxygen atoms in total. The molecule has 0 radical (unpaired) electrons. The lowest BCUT2D eigenvalue weighted by Gasteiger charge is -2.26. The molecule has 1 atom stereocenters. The molecule has 1 unspecified atom stereocenters. The number of fused-ring (bicyclic) bond motifs is 1. The average molecular weight is 291 g/mol. The number of H-pyrrole nitrogens is 1. The van der Waals surface area contributed by atoms with Crippen molar-refractivity contribution >= 4 is 22.8 Å². The van der Waals surface area contributed by atoms with E-state index in [2.05, 4.69) is 68.1 Å². The Kier molecular flexibility index (Phi) is 4.76. The molecular weight excluding hydrogens is 266 g/mol. The van der Waals surface area contributed by atoms with E-state index >= 15 is 0 Å². The zero-order valence-electron chi connectivity index (χ0n) is 13.1. The van der Waals surface area contributed by atoms with Gasteiger partial charge in [-0.15, -0.1) is 0 Å². The van der Waals surface area contributed by atoms with Crippen LogP contribution in [0.5, 0.6) is 0 Å². The maximum atomic E-state index is 4.64. The Labute approximate surface area is 125 Å². The van der Waals surface area contributed by atoms with Gasteiger partial charge in [-0.2, -0.15) is 0 Å². The molecule has 2 aromatic rings.